The number of aromatic nitrogens is 4. The maximum atomic E-state index is 6.05. The summed E-state index contributed by atoms with van der Waals surface area (Å²) in [5.74, 6) is 2.83. The van der Waals surface area contributed by atoms with Crippen LogP contribution in [-0.4, -0.2) is 26.1 Å². The molecular formula is C24H26N6O. The van der Waals surface area contributed by atoms with Crippen molar-refractivity contribution in [2.75, 3.05) is 17.7 Å². The number of aryl methyl sites for hydroxylation is 1. The molecule has 4 heterocycles. The summed E-state index contributed by atoms with van der Waals surface area (Å²) in [7, 11) is 0. The number of imidazole rings is 1. The molecule has 0 amide bonds. The van der Waals surface area contributed by atoms with Gasteiger partial charge in [-0.15, -0.1) is 0 Å². The van der Waals surface area contributed by atoms with Crippen molar-refractivity contribution in [3.63, 3.8) is 0 Å². The highest BCUT2D eigenvalue weighted by atomic mass is 16.5. The lowest BCUT2D eigenvalue weighted by atomic mass is 9.99. The van der Waals surface area contributed by atoms with E-state index in [1.54, 1.807) is 12.4 Å². The summed E-state index contributed by atoms with van der Waals surface area (Å²) < 4.78 is 8.35. The van der Waals surface area contributed by atoms with Gasteiger partial charge in [-0.3, -0.25) is 0 Å². The predicted octanol–water partition coefficient (Wildman–Crippen LogP) is 3.97. The maximum absolute atomic E-state index is 6.05. The van der Waals surface area contributed by atoms with Crippen LogP contribution in [0, 0.1) is 12.8 Å². The van der Waals surface area contributed by atoms with Crippen LogP contribution in [0.2, 0.25) is 0 Å². The molecule has 158 valence electrons. The Kier molecular flexibility index (Phi) is 5.16. The van der Waals surface area contributed by atoms with Gasteiger partial charge in [0.15, 0.2) is 0 Å². The highest BCUT2D eigenvalue weighted by molar-refractivity contribution is 5.99. The Balaban J connectivity index is 1.22. The number of hydrogen-bond acceptors (Lipinski definition) is 6. The van der Waals surface area contributed by atoms with Gasteiger partial charge in [0.2, 0.25) is 5.88 Å². The first-order chi connectivity index (χ1) is 15.2. The van der Waals surface area contributed by atoms with Crippen LogP contribution in [0.3, 0.4) is 0 Å². The second-order valence-electron chi connectivity index (χ2n) is 8.09. The van der Waals surface area contributed by atoms with Crippen LogP contribution in [-0.2, 0) is 19.5 Å². The second kappa shape index (κ2) is 8.26. The van der Waals surface area contributed by atoms with Crippen molar-refractivity contribution in [1.29, 1.82) is 0 Å². The Morgan fingerprint density at radius 1 is 1.13 bits per heavy atom. The monoisotopic (exact) mass is 414 g/mol. The third-order valence-electron chi connectivity index (χ3n) is 5.96. The van der Waals surface area contributed by atoms with E-state index >= 15 is 0 Å². The van der Waals surface area contributed by atoms with Crippen molar-refractivity contribution in [3.05, 3.63) is 72.1 Å². The van der Waals surface area contributed by atoms with Gasteiger partial charge in [0, 0.05) is 72.2 Å². The van der Waals surface area contributed by atoms with Crippen molar-refractivity contribution in [2.24, 2.45) is 5.92 Å². The number of benzene rings is 1. The van der Waals surface area contributed by atoms with E-state index in [9.17, 15) is 0 Å². The molecule has 0 spiro atoms. The van der Waals surface area contributed by atoms with Gasteiger partial charge in [-0.1, -0.05) is 12.1 Å². The van der Waals surface area contributed by atoms with E-state index in [1.807, 2.05) is 36.5 Å². The first-order valence-corrected chi connectivity index (χ1v) is 10.6. The molecule has 5 rings (SSSR count). The number of hydrogen-bond donors (Lipinski definition) is 2. The second-order valence-corrected chi connectivity index (χ2v) is 8.09. The fraction of sp³-hybridized carbons (Fsp3) is 0.292. The van der Waals surface area contributed by atoms with Crippen LogP contribution < -0.4 is 15.8 Å². The van der Waals surface area contributed by atoms with E-state index in [0.717, 1.165) is 47.2 Å². The first kappa shape index (κ1) is 19.4. The zero-order chi connectivity index (χ0) is 21.2. The van der Waals surface area contributed by atoms with E-state index in [0.29, 0.717) is 30.8 Å². The summed E-state index contributed by atoms with van der Waals surface area (Å²) in [6.07, 6.45) is 7.55. The van der Waals surface area contributed by atoms with Crippen molar-refractivity contribution in [2.45, 2.75) is 32.9 Å². The van der Waals surface area contributed by atoms with Gasteiger partial charge in [0.05, 0.1) is 6.61 Å². The molecule has 1 atom stereocenters. The van der Waals surface area contributed by atoms with E-state index in [4.69, 9.17) is 10.5 Å². The van der Waals surface area contributed by atoms with Gasteiger partial charge in [-0.2, -0.15) is 0 Å². The molecule has 7 heteroatoms. The summed E-state index contributed by atoms with van der Waals surface area (Å²) in [6.45, 7) is 4.45. The molecule has 1 aliphatic rings. The zero-order valence-electron chi connectivity index (χ0n) is 17.6. The van der Waals surface area contributed by atoms with Crippen molar-refractivity contribution >= 4 is 22.3 Å². The summed E-state index contributed by atoms with van der Waals surface area (Å²) in [6, 6.07) is 12.0. The lowest BCUT2D eigenvalue weighted by Gasteiger charge is -2.24. The fourth-order valence-corrected chi connectivity index (χ4v) is 4.22. The third-order valence-corrected chi connectivity index (χ3v) is 5.96. The third kappa shape index (κ3) is 4.03. The number of nitrogens with zero attached hydrogens (tertiary/aromatic N) is 4. The van der Waals surface area contributed by atoms with Gasteiger partial charge in [0.25, 0.3) is 0 Å². The van der Waals surface area contributed by atoms with Crippen LogP contribution >= 0.6 is 0 Å². The SMILES string of the molecule is Cc1cnc2n1CCC(COc1cc(CNc3cccc4c(N)nccc34)ccn1)C2. The molecule has 1 unspecified atom stereocenters. The van der Waals surface area contributed by atoms with Crippen molar-refractivity contribution in [1.82, 2.24) is 19.5 Å². The van der Waals surface area contributed by atoms with Crippen molar-refractivity contribution < 1.29 is 4.74 Å². The van der Waals surface area contributed by atoms with Crippen molar-refractivity contribution in [3.8, 4) is 5.88 Å². The standard InChI is InChI=1S/C24H26N6O/c1-16-13-29-22-11-18(7-10-30(16)22)15-31-23-12-17(5-8-26-23)14-28-21-4-2-3-20-19(21)6-9-27-24(20)25/h2-6,8-9,12-13,18,28H,7,10-11,14-15H2,1H3,(H2,25,27). The lowest BCUT2D eigenvalue weighted by Crippen LogP contribution is -2.25. The molecule has 31 heavy (non-hydrogen) atoms. The average molecular weight is 415 g/mol. The van der Waals surface area contributed by atoms with Crippen LogP contribution in [0.1, 0.15) is 23.5 Å². The lowest BCUT2D eigenvalue weighted by molar-refractivity contribution is 0.211. The molecule has 4 aromatic rings. The van der Waals surface area contributed by atoms with Gasteiger partial charge < -0.3 is 20.4 Å². The minimum Gasteiger partial charge on any atom is -0.477 e. The highest BCUT2D eigenvalue weighted by Gasteiger charge is 2.21. The Bertz CT molecular complexity index is 1220. The Hall–Kier alpha value is -3.61. The fourth-order valence-electron chi connectivity index (χ4n) is 4.22. The summed E-state index contributed by atoms with van der Waals surface area (Å²) in [5, 5.41) is 5.51. The molecule has 0 saturated heterocycles. The number of anilines is 2. The van der Waals surface area contributed by atoms with Crippen LogP contribution in [0.15, 0.2) is 55.0 Å². The molecule has 1 aromatic carbocycles. The van der Waals surface area contributed by atoms with E-state index in [1.165, 1.54) is 5.69 Å². The maximum Gasteiger partial charge on any atom is 0.213 e. The molecule has 0 fully saturated rings. The minimum atomic E-state index is 0.465. The molecule has 0 saturated carbocycles. The molecular weight excluding hydrogens is 388 g/mol. The number of fused-ring (bicyclic) bond motifs is 2. The minimum absolute atomic E-state index is 0.465. The normalized spacial score (nSPS) is 15.6. The Morgan fingerprint density at radius 2 is 2.03 bits per heavy atom. The first-order valence-electron chi connectivity index (χ1n) is 10.6. The molecule has 3 aromatic heterocycles. The zero-order valence-corrected chi connectivity index (χ0v) is 17.6. The highest BCUT2D eigenvalue weighted by Crippen LogP contribution is 2.27. The molecule has 3 N–H and O–H groups in total. The number of rotatable bonds is 6. The van der Waals surface area contributed by atoms with Crippen LogP contribution in [0.4, 0.5) is 11.5 Å². The van der Waals surface area contributed by atoms with Crippen LogP contribution in [0.25, 0.3) is 10.8 Å². The average Bonchev–Trinajstić information content (AvgIpc) is 3.17. The topological polar surface area (TPSA) is 90.9 Å². The van der Waals surface area contributed by atoms with Gasteiger partial charge >= 0.3 is 0 Å². The summed E-state index contributed by atoms with van der Waals surface area (Å²) in [4.78, 5) is 13.1. The summed E-state index contributed by atoms with van der Waals surface area (Å²) >= 11 is 0. The predicted molar refractivity (Wildman–Crippen MR) is 122 cm³/mol. The molecule has 0 bridgehead atoms. The molecule has 0 radical (unpaired) electrons. The molecule has 7 nitrogen and oxygen atoms in total. The number of ether oxygens (including phenoxy) is 1. The van der Waals surface area contributed by atoms with E-state index < -0.39 is 0 Å². The van der Waals surface area contributed by atoms with Gasteiger partial charge in [-0.05, 0) is 37.1 Å². The Morgan fingerprint density at radius 3 is 2.97 bits per heavy atom. The molecule has 1 aliphatic heterocycles. The molecule has 0 aliphatic carbocycles. The smallest absolute Gasteiger partial charge is 0.213 e. The Labute approximate surface area is 181 Å². The number of nitrogen functional groups attached to an aromatic ring is 1. The van der Waals surface area contributed by atoms with Gasteiger partial charge in [0.1, 0.15) is 11.6 Å². The number of nitrogens with two attached hydrogens (primary N) is 1. The van der Waals surface area contributed by atoms with Crippen LogP contribution in [0.5, 0.6) is 5.88 Å². The largest absolute Gasteiger partial charge is 0.477 e. The van der Waals surface area contributed by atoms with E-state index in [-0.39, 0.29) is 0 Å². The number of pyridine rings is 2. The van der Waals surface area contributed by atoms with Gasteiger partial charge in [-0.25, -0.2) is 15.0 Å². The quantitative estimate of drug-likeness (QED) is 0.496. The summed E-state index contributed by atoms with van der Waals surface area (Å²) in [5.41, 5.74) is 9.38. The van der Waals surface area contributed by atoms with E-state index in [2.05, 4.69) is 37.8 Å². The number of nitrogens with one attached hydrogen (secondary N) is 1.